The third-order valence-corrected chi connectivity index (χ3v) is 3.21. The quantitative estimate of drug-likeness (QED) is 0.847. The number of imidazole rings is 1. The molecule has 0 aliphatic carbocycles. The van der Waals surface area contributed by atoms with Gasteiger partial charge in [0.2, 0.25) is 0 Å². The molecule has 0 spiro atoms. The summed E-state index contributed by atoms with van der Waals surface area (Å²) in [6.07, 6.45) is 0. The van der Waals surface area contributed by atoms with Crippen LogP contribution in [0, 0.1) is 6.92 Å². The third-order valence-electron chi connectivity index (χ3n) is 3.21. The molecule has 0 bridgehead atoms. The first-order chi connectivity index (χ1) is 8.60. The van der Waals surface area contributed by atoms with Crippen LogP contribution in [0.2, 0.25) is 0 Å². The Balaban J connectivity index is 2.14. The summed E-state index contributed by atoms with van der Waals surface area (Å²) in [6, 6.07) is 0. The predicted molar refractivity (Wildman–Crippen MR) is 63.7 cm³/mol. The van der Waals surface area contributed by atoms with Gasteiger partial charge in [-0.15, -0.1) is 0 Å². The summed E-state index contributed by atoms with van der Waals surface area (Å²) < 4.78 is 3.84. The number of nitrogens with zero attached hydrogens (tertiary/aromatic N) is 6. The van der Waals surface area contributed by atoms with Gasteiger partial charge >= 0.3 is 0 Å². The number of aromatic nitrogens is 5. The number of hydrogen-bond acceptors (Lipinski definition) is 5. The van der Waals surface area contributed by atoms with E-state index in [1.165, 1.54) is 5.06 Å². The zero-order valence-electron chi connectivity index (χ0n) is 10.8. The molecular weight excluding hydrogens is 232 g/mol. The first kappa shape index (κ1) is 11.4. The molecule has 7 nitrogen and oxygen atoms in total. The zero-order chi connectivity index (χ0) is 12.9. The minimum Gasteiger partial charge on any atom is -0.324 e. The van der Waals surface area contributed by atoms with Crippen molar-refractivity contribution in [3.8, 4) is 11.6 Å². The molecule has 0 radical (unpaired) electrons. The third kappa shape index (κ3) is 1.55. The van der Waals surface area contributed by atoms with Crippen LogP contribution < -0.4 is 0 Å². The topological polar surface area (TPSA) is 72.0 Å². The number of hydrogen-bond donors (Lipinski definition) is 1. The summed E-state index contributed by atoms with van der Waals surface area (Å²) in [5.74, 6) is 2.34. The van der Waals surface area contributed by atoms with Crippen LogP contribution in [0.15, 0.2) is 0 Å². The van der Waals surface area contributed by atoms with Gasteiger partial charge in [0, 0.05) is 13.6 Å². The Hall–Kier alpha value is -1.73. The molecule has 0 saturated heterocycles. The largest absolute Gasteiger partial charge is 0.324 e. The van der Waals surface area contributed by atoms with E-state index in [0.29, 0.717) is 13.1 Å². The second-order valence-electron chi connectivity index (χ2n) is 4.50. The predicted octanol–water partition coefficient (Wildman–Crippen LogP) is 0.712. The van der Waals surface area contributed by atoms with E-state index in [4.69, 9.17) is 0 Å². The average molecular weight is 248 g/mol. The normalized spacial score (nSPS) is 15.3. The van der Waals surface area contributed by atoms with E-state index < -0.39 is 0 Å². The van der Waals surface area contributed by atoms with Gasteiger partial charge in [-0.25, -0.2) is 14.6 Å². The summed E-state index contributed by atoms with van der Waals surface area (Å²) in [6.45, 7) is 5.73. The van der Waals surface area contributed by atoms with Gasteiger partial charge in [0.15, 0.2) is 11.6 Å². The van der Waals surface area contributed by atoms with Crippen LogP contribution >= 0.6 is 0 Å². The molecule has 96 valence electrons. The Morgan fingerprint density at radius 1 is 1.22 bits per heavy atom. The van der Waals surface area contributed by atoms with Crippen molar-refractivity contribution in [3.63, 3.8) is 0 Å². The highest BCUT2D eigenvalue weighted by Gasteiger charge is 2.27. The van der Waals surface area contributed by atoms with Gasteiger partial charge in [-0.1, -0.05) is 0 Å². The zero-order valence-corrected chi connectivity index (χ0v) is 10.8. The van der Waals surface area contributed by atoms with Crippen molar-refractivity contribution in [1.29, 1.82) is 0 Å². The minimum atomic E-state index is 0.478. The minimum absolute atomic E-state index is 0.478. The Kier molecular flexibility index (Phi) is 2.46. The number of hydroxylamine groups is 2. The fourth-order valence-electron chi connectivity index (χ4n) is 2.46. The highest BCUT2D eigenvalue weighted by Crippen LogP contribution is 2.27. The fraction of sp³-hybridized carbons (Fsp3) is 0.545. The maximum Gasteiger partial charge on any atom is 0.194 e. The summed E-state index contributed by atoms with van der Waals surface area (Å²) in [7, 11) is 1.87. The van der Waals surface area contributed by atoms with E-state index in [1.807, 2.05) is 14.0 Å². The monoisotopic (exact) mass is 248 g/mol. The molecule has 18 heavy (non-hydrogen) atoms. The molecule has 2 aromatic rings. The van der Waals surface area contributed by atoms with E-state index in [1.54, 1.807) is 4.68 Å². The first-order valence-electron chi connectivity index (χ1n) is 6.00. The number of rotatable bonds is 2. The molecule has 7 heteroatoms. The maximum absolute atomic E-state index is 9.53. The lowest BCUT2D eigenvalue weighted by molar-refractivity contribution is -0.0985. The molecule has 3 rings (SSSR count). The Morgan fingerprint density at radius 2 is 2.00 bits per heavy atom. The molecule has 0 saturated carbocycles. The van der Waals surface area contributed by atoms with Crippen LogP contribution in [0.25, 0.3) is 11.6 Å². The SMILES string of the molecule is CCn1c(-c2nc(C)nn2C)nc2c1CN(O)C2. The number of fused-ring (bicyclic) bond motifs is 1. The molecule has 1 N–H and O–H groups in total. The van der Waals surface area contributed by atoms with E-state index in [9.17, 15) is 5.21 Å². The Morgan fingerprint density at radius 3 is 2.61 bits per heavy atom. The van der Waals surface area contributed by atoms with E-state index in [-0.39, 0.29) is 0 Å². The van der Waals surface area contributed by atoms with Crippen molar-refractivity contribution in [3.05, 3.63) is 17.2 Å². The van der Waals surface area contributed by atoms with Crippen LogP contribution in [0.1, 0.15) is 24.1 Å². The first-order valence-corrected chi connectivity index (χ1v) is 6.00. The highest BCUT2D eigenvalue weighted by molar-refractivity contribution is 5.48. The molecule has 1 aliphatic rings. The van der Waals surface area contributed by atoms with Gasteiger partial charge in [0.05, 0.1) is 24.5 Å². The van der Waals surface area contributed by atoms with E-state index >= 15 is 0 Å². The van der Waals surface area contributed by atoms with Gasteiger partial charge in [0.25, 0.3) is 0 Å². The van der Waals surface area contributed by atoms with Gasteiger partial charge in [-0.3, -0.25) is 0 Å². The van der Waals surface area contributed by atoms with Crippen LogP contribution in [-0.2, 0) is 26.7 Å². The summed E-state index contributed by atoms with van der Waals surface area (Å²) >= 11 is 0. The lowest BCUT2D eigenvalue weighted by Gasteiger charge is -2.09. The Bertz CT molecular complexity index is 599. The average Bonchev–Trinajstić information content (AvgIpc) is 2.90. The van der Waals surface area contributed by atoms with Crippen molar-refractivity contribution in [2.45, 2.75) is 33.5 Å². The second kappa shape index (κ2) is 3.89. The van der Waals surface area contributed by atoms with Gasteiger partial charge in [-0.2, -0.15) is 10.2 Å². The van der Waals surface area contributed by atoms with Crippen LogP contribution in [-0.4, -0.2) is 34.6 Å². The molecule has 0 unspecified atom stereocenters. The molecule has 1 aliphatic heterocycles. The number of aryl methyl sites for hydroxylation is 2. The smallest absolute Gasteiger partial charge is 0.194 e. The highest BCUT2D eigenvalue weighted by atomic mass is 16.5. The van der Waals surface area contributed by atoms with Gasteiger partial charge < -0.3 is 9.77 Å². The molecule has 0 amide bonds. The Labute approximate surface area is 105 Å². The fourth-order valence-corrected chi connectivity index (χ4v) is 2.46. The van der Waals surface area contributed by atoms with Crippen molar-refractivity contribution in [2.75, 3.05) is 0 Å². The van der Waals surface area contributed by atoms with Crippen molar-refractivity contribution < 1.29 is 5.21 Å². The lowest BCUT2D eigenvalue weighted by atomic mass is 10.4. The molecular formula is C11H16N6O. The molecule has 0 fully saturated rings. The van der Waals surface area contributed by atoms with Crippen molar-refractivity contribution in [2.24, 2.45) is 7.05 Å². The van der Waals surface area contributed by atoms with Crippen LogP contribution in [0.3, 0.4) is 0 Å². The van der Waals surface area contributed by atoms with E-state index in [2.05, 4.69) is 26.6 Å². The summed E-state index contributed by atoms with van der Waals surface area (Å²) in [4.78, 5) is 9.01. The van der Waals surface area contributed by atoms with Crippen LogP contribution in [0.5, 0.6) is 0 Å². The van der Waals surface area contributed by atoms with E-state index in [0.717, 1.165) is 35.4 Å². The lowest BCUT2D eigenvalue weighted by Crippen LogP contribution is -2.13. The maximum atomic E-state index is 9.53. The summed E-state index contributed by atoms with van der Waals surface area (Å²) in [5, 5.41) is 15.1. The van der Waals surface area contributed by atoms with Crippen molar-refractivity contribution >= 4 is 0 Å². The second-order valence-corrected chi connectivity index (χ2v) is 4.50. The molecule has 0 atom stereocenters. The van der Waals surface area contributed by atoms with Crippen LogP contribution in [0.4, 0.5) is 0 Å². The summed E-state index contributed by atoms with van der Waals surface area (Å²) in [5.41, 5.74) is 1.99. The molecule has 2 aromatic heterocycles. The molecule has 3 heterocycles. The van der Waals surface area contributed by atoms with Gasteiger partial charge in [0.1, 0.15) is 5.82 Å². The van der Waals surface area contributed by atoms with Crippen molar-refractivity contribution in [1.82, 2.24) is 29.4 Å². The van der Waals surface area contributed by atoms with Gasteiger partial charge in [-0.05, 0) is 13.8 Å². The standard InChI is InChI=1S/C11H16N6O/c1-4-17-9-6-16(18)5-8(9)13-11(17)10-12-7(2)14-15(10)3/h18H,4-6H2,1-3H3. The molecule has 0 aromatic carbocycles.